The molecule has 10 nitrogen and oxygen atoms in total. The number of nitrogens with zero attached hydrogens (tertiary/aromatic N) is 1. The van der Waals surface area contributed by atoms with Crippen LogP contribution < -0.4 is 24.7 Å². The lowest BCUT2D eigenvalue weighted by Crippen LogP contribution is -2.30. The van der Waals surface area contributed by atoms with Gasteiger partial charge in [-0.25, -0.2) is 21.9 Å². The fourth-order valence-electron chi connectivity index (χ4n) is 4.58. The molecule has 1 fully saturated rings. The summed E-state index contributed by atoms with van der Waals surface area (Å²) in [6, 6.07) is 14.9. The van der Waals surface area contributed by atoms with Crippen molar-refractivity contribution in [1.82, 2.24) is 9.71 Å². The Labute approximate surface area is 260 Å². The van der Waals surface area contributed by atoms with Gasteiger partial charge in [-0.15, -0.1) is 0 Å². The summed E-state index contributed by atoms with van der Waals surface area (Å²) in [4.78, 5) is 29.0. The van der Waals surface area contributed by atoms with Crippen LogP contribution in [0.3, 0.4) is 0 Å². The Kier molecular flexibility index (Phi) is 9.34. The maximum atomic E-state index is 13.8. The van der Waals surface area contributed by atoms with Gasteiger partial charge in [-0.3, -0.25) is 9.59 Å². The van der Waals surface area contributed by atoms with Crippen LogP contribution in [-0.4, -0.2) is 38.3 Å². The van der Waals surface area contributed by atoms with Gasteiger partial charge in [-0.2, -0.15) is 8.78 Å². The molecule has 0 aliphatic carbocycles. The lowest BCUT2D eigenvalue weighted by molar-refractivity contribution is -0.161. The number of pyridine rings is 1. The molecule has 0 saturated carbocycles. The number of anilines is 2. The molecule has 0 bridgehead atoms. The fourth-order valence-corrected chi connectivity index (χ4v) is 5.56. The molecule has 0 radical (unpaired) electrons. The van der Waals surface area contributed by atoms with E-state index < -0.39 is 44.9 Å². The van der Waals surface area contributed by atoms with Gasteiger partial charge < -0.3 is 24.1 Å². The van der Waals surface area contributed by atoms with Crippen molar-refractivity contribution in [3.63, 3.8) is 0 Å². The standard InChI is InChI=1S/C31H27F4N3O7S/c1-31(34,35)45-26-13-10-22(16-27(26)44-28-5-3-15-43-28)38(18-20-4-2-14-36-29(20)39)21-8-6-19(7-9-21)30(40)37-46(41,42)23-11-12-24(32)25(33)17-23/h2,4,6-14,16-17,28H,3,5,15,18H2,1H3,(H,36,39)(H,37,40)/t28-/m1/s1. The van der Waals surface area contributed by atoms with E-state index in [1.165, 1.54) is 48.7 Å². The van der Waals surface area contributed by atoms with Gasteiger partial charge in [0, 0.05) is 48.1 Å². The van der Waals surface area contributed by atoms with Crippen LogP contribution in [0.25, 0.3) is 0 Å². The normalized spacial score (nSPS) is 14.9. The molecule has 1 aliphatic heterocycles. The zero-order chi connectivity index (χ0) is 33.1. The Hall–Kier alpha value is -4.89. The van der Waals surface area contributed by atoms with E-state index in [-0.39, 0.29) is 29.2 Å². The molecule has 4 aromatic rings. The summed E-state index contributed by atoms with van der Waals surface area (Å²) >= 11 is 0. The lowest BCUT2D eigenvalue weighted by Gasteiger charge is -2.27. The number of hydrogen-bond donors (Lipinski definition) is 2. The zero-order valence-corrected chi connectivity index (χ0v) is 25.0. The van der Waals surface area contributed by atoms with Crippen LogP contribution in [0.15, 0.2) is 88.7 Å². The number of rotatable bonds is 11. The Morgan fingerprint density at radius 3 is 2.41 bits per heavy atom. The van der Waals surface area contributed by atoms with Gasteiger partial charge in [0.25, 0.3) is 21.5 Å². The first kappa shape index (κ1) is 32.5. The number of carbonyl (C=O) groups is 1. The van der Waals surface area contributed by atoms with E-state index in [4.69, 9.17) is 14.2 Å². The van der Waals surface area contributed by atoms with Crippen molar-refractivity contribution in [2.45, 2.75) is 43.6 Å². The molecule has 1 atom stereocenters. The van der Waals surface area contributed by atoms with Crippen LogP contribution in [0, 0.1) is 11.6 Å². The topological polar surface area (TPSA) is 127 Å². The number of halogens is 4. The molecule has 1 saturated heterocycles. The number of aromatic amines is 1. The van der Waals surface area contributed by atoms with Gasteiger partial charge in [0.15, 0.2) is 29.4 Å². The second-order valence-corrected chi connectivity index (χ2v) is 12.0. The molecular weight excluding hydrogens is 634 g/mol. The molecular formula is C31H27F4N3O7S. The van der Waals surface area contributed by atoms with E-state index in [1.54, 1.807) is 17.0 Å². The van der Waals surface area contributed by atoms with Crippen molar-refractivity contribution in [3.8, 4) is 11.5 Å². The number of aromatic nitrogens is 1. The average Bonchev–Trinajstić information content (AvgIpc) is 3.51. The molecule has 0 unspecified atom stereocenters. The van der Waals surface area contributed by atoms with Crippen LogP contribution in [0.1, 0.15) is 35.7 Å². The third kappa shape index (κ3) is 7.84. The highest BCUT2D eigenvalue weighted by Crippen LogP contribution is 2.39. The molecule has 242 valence electrons. The molecule has 2 heterocycles. The summed E-state index contributed by atoms with van der Waals surface area (Å²) in [7, 11) is -4.54. The highest BCUT2D eigenvalue weighted by atomic mass is 32.2. The largest absolute Gasteiger partial charge is 0.461 e. The second-order valence-electron chi connectivity index (χ2n) is 10.3. The number of H-pyrrole nitrogens is 1. The van der Waals surface area contributed by atoms with Crippen molar-refractivity contribution in [1.29, 1.82) is 0 Å². The Morgan fingerprint density at radius 1 is 1.02 bits per heavy atom. The van der Waals surface area contributed by atoms with Gasteiger partial charge in [-0.1, -0.05) is 6.07 Å². The van der Waals surface area contributed by atoms with Crippen LogP contribution in [-0.2, 0) is 21.3 Å². The van der Waals surface area contributed by atoms with Crippen LogP contribution >= 0.6 is 0 Å². The van der Waals surface area contributed by atoms with E-state index in [0.29, 0.717) is 49.0 Å². The van der Waals surface area contributed by atoms with Crippen LogP contribution in [0.5, 0.6) is 11.5 Å². The Balaban J connectivity index is 1.47. The first-order chi connectivity index (χ1) is 21.8. The van der Waals surface area contributed by atoms with E-state index >= 15 is 0 Å². The SMILES string of the molecule is CC(F)(F)Oc1ccc(N(Cc2ccc[nH]c2=O)c2ccc(C(=O)NS(=O)(=O)c3ccc(F)c(F)c3)cc2)cc1O[C@@H]1CCCO1. The monoisotopic (exact) mass is 661 g/mol. The summed E-state index contributed by atoms with van der Waals surface area (Å²) in [6.45, 7) is 1.01. The van der Waals surface area contributed by atoms with E-state index in [0.717, 1.165) is 12.5 Å². The van der Waals surface area contributed by atoms with Gasteiger partial charge in [0.1, 0.15) is 0 Å². The Morgan fingerprint density at radius 2 is 1.76 bits per heavy atom. The maximum absolute atomic E-state index is 13.8. The van der Waals surface area contributed by atoms with E-state index in [9.17, 15) is 35.6 Å². The number of ether oxygens (including phenoxy) is 3. The number of alkyl halides is 2. The maximum Gasteiger partial charge on any atom is 0.395 e. The summed E-state index contributed by atoms with van der Waals surface area (Å²) in [6.07, 6.45) is -1.49. The predicted octanol–water partition coefficient (Wildman–Crippen LogP) is 5.62. The third-order valence-corrected chi connectivity index (χ3v) is 8.10. The minimum Gasteiger partial charge on any atom is -0.461 e. The minimum atomic E-state index is -4.54. The number of carbonyl (C=O) groups excluding carboxylic acids is 1. The van der Waals surface area contributed by atoms with Gasteiger partial charge in [-0.05, 0) is 67.1 Å². The fraction of sp³-hybridized carbons (Fsp3) is 0.226. The average molecular weight is 662 g/mol. The third-order valence-electron chi connectivity index (χ3n) is 6.77. The van der Waals surface area contributed by atoms with Gasteiger partial charge in [0.05, 0.1) is 18.0 Å². The van der Waals surface area contributed by atoms with Crippen molar-refractivity contribution < 1.29 is 45.0 Å². The van der Waals surface area contributed by atoms with E-state index in [1.807, 2.05) is 4.72 Å². The summed E-state index contributed by atoms with van der Waals surface area (Å²) in [5.74, 6) is -3.96. The number of sulfonamides is 1. The molecule has 3 aromatic carbocycles. The van der Waals surface area contributed by atoms with Crippen molar-refractivity contribution in [2.24, 2.45) is 0 Å². The zero-order valence-electron chi connectivity index (χ0n) is 24.1. The molecule has 46 heavy (non-hydrogen) atoms. The van der Waals surface area contributed by atoms with E-state index in [2.05, 4.69) is 4.98 Å². The molecule has 15 heteroatoms. The summed E-state index contributed by atoms with van der Waals surface area (Å²) in [5.41, 5.74) is 0.669. The Bertz CT molecular complexity index is 1890. The number of hydrogen-bond acceptors (Lipinski definition) is 8. The molecule has 0 spiro atoms. The highest BCUT2D eigenvalue weighted by Gasteiger charge is 2.28. The molecule has 2 N–H and O–H groups in total. The van der Waals surface area contributed by atoms with Crippen LogP contribution in [0.4, 0.5) is 28.9 Å². The number of benzene rings is 3. The molecule has 5 rings (SSSR count). The van der Waals surface area contributed by atoms with Crippen molar-refractivity contribution >= 4 is 27.3 Å². The molecule has 1 aromatic heterocycles. The van der Waals surface area contributed by atoms with Crippen molar-refractivity contribution in [3.05, 3.63) is 112 Å². The summed E-state index contributed by atoms with van der Waals surface area (Å²) in [5, 5.41) is 0. The lowest BCUT2D eigenvalue weighted by atomic mass is 10.1. The highest BCUT2D eigenvalue weighted by molar-refractivity contribution is 7.90. The summed E-state index contributed by atoms with van der Waals surface area (Å²) < 4.78 is 97.8. The predicted molar refractivity (Wildman–Crippen MR) is 158 cm³/mol. The first-order valence-corrected chi connectivity index (χ1v) is 15.3. The second kappa shape index (κ2) is 13.2. The quantitative estimate of drug-likeness (QED) is 0.199. The van der Waals surface area contributed by atoms with Gasteiger partial charge in [0.2, 0.25) is 0 Å². The smallest absolute Gasteiger partial charge is 0.395 e. The number of nitrogens with one attached hydrogen (secondary N) is 2. The molecule has 1 amide bonds. The first-order valence-electron chi connectivity index (χ1n) is 13.8. The minimum absolute atomic E-state index is 0.0181. The molecule has 1 aliphatic rings. The van der Waals surface area contributed by atoms with Crippen molar-refractivity contribution in [2.75, 3.05) is 11.5 Å². The van der Waals surface area contributed by atoms with Gasteiger partial charge >= 0.3 is 6.11 Å². The van der Waals surface area contributed by atoms with Crippen LogP contribution in [0.2, 0.25) is 0 Å². The number of amides is 1.